The molecule has 1 aromatic heterocycles. The summed E-state index contributed by atoms with van der Waals surface area (Å²) in [7, 11) is 0. The number of carbonyl (C=O) groups is 1. The van der Waals surface area contributed by atoms with Gasteiger partial charge in [0.05, 0.1) is 6.04 Å². The molecule has 1 unspecified atom stereocenters. The Balaban J connectivity index is 1.68. The molecule has 26 heavy (non-hydrogen) atoms. The van der Waals surface area contributed by atoms with Crippen LogP contribution in [0.25, 0.3) is 10.9 Å². The molecule has 4 atom stereocenters. The normalized spacial score (nSPS) is 28.6. The Morgan fingerprint density at radius 2 is 2.12 bits per heavy atom. The number of likely N-dealkylation sites (tertiary alicyclic amines) is 1. The van der Waals surface area contributed by atoms with Gasteiger partial charge in [-0.15, -0.1) is 0 Å². The van der Waals surface area contributed by atoms with Crippen molar-refractivity contribution in [2.45, 2.75) is 51.3 Å². The van der Waals surface area contributed by atoms with Crippen LogP contribution in [-0.4, -0.2) is 46.8 Å². The van der Waals surface area contributed by atoms with Gasteiger partial charge in [-0.05, 0) is 50.5 Å². The molecule has 4 rings (SSSR count). The molecular weight excluding hydrogens is 333 g/mol. The lowest BCUT2D eigenvalue weighted by Crippen LogP contribution is -2.44. The van der Waals surface area contributed by atoms with Crippen molar-refractivity contribution in [1.82, 2.24) is 15.2 Å². The van der Waals surface area contributed by atoms with Gasteiger partial charge in [-0.3, -0.25) is 0 Å². The minimum Gasteiger partial charge on any atom is -0.444 e. The van der Waals surface area contributed by atoms with Crippen LogP contribution in [0.2, 0.25) is 0 Å². The summed E-state index contributed by atoms with van der Waals surface area (Å²) in [6, 6.07) is 5.12. The molecule has 1 amide bonds. The number of carbonyl (C=O) groups excluding carboxylic acids is 1. The van der Waals surface area contributed by atoms with Crippen molar-refractivity contribution >= 4 is 17.0 Å². The van der Waals surface area contributed by atoms with Crippen LogP contribution in [-0.2, 0) is 4.74 Å². The summed E-state index contributed by atoms with van der Waals surface area (Å²) < 4.78 is 19.2. The third kappa shape index (κ3) is 2.86. The molecule has 2 aromatic rings. The smallest absolute Gasteiger partial charge is 0.410 e. The van der Waals surface area contributed by atoms with E-state index in [0.29, 0.717) is 12.5 Å². The molecule has 2 saturated heterocycles. The topological polar surface area (TPSA) is 57.4 Å². The van der Waals surface area contributed by atoms with Crippen LogP contribution in [0.4, 0.5) is 9.18 Å². The highest BCUT2D eigenvalue weighted by Crippen LogP contribution is 2.41. The van der Waals surface area contributed by atoms with Gasteiger partial charge in [0, 0.05) is 42.1 Å². The maximum Gasteiger partial charge on any atom is 0.410 e. The number of fused-ring (bicyclic) bond motifs is 2. The molecule has 2 N–H and O–H groups in total. The Kier molecular flexibility index (Phi) is 3.99. The molecule has 1 aromatic carbocycles. The van der Waals surface area contributed by atoms with Crippen LogP contribution in [0.5, 0.6) is 0 Å². The lowest BCUT2D eigenvalue weighted by atomic mass is 9.90. The lowest BCUT2D eigenvalue weighted by Gasteiger charge is -2.31. The largest absolute Gasteiger partial charge is 0.444 e. The summed E-state index contributed by atoms with van der Waals surface area (Å²) in [5.41, 5.74) is 1.40. The minimum atomic E-state index is -0.516. The maximum atomic E-state index is 13.5. The van der Waals surface area contributed by atoms with Crippen molar-refractivity contribution in [2.75, 3.05) is 13.1 Å². The van der Waals surface area contributed by atoms with E-state index in [0.717, 1.165) is 23.0 Å². The summed E-state index contributed by atoms with van der Waals surface area (Å²) >= 11 is 0. The summed E-state index contributed by atoms with van der Waals surface area (Å²) in [6.07, 6.45) is 1.70. The molecule has 2 aliphatic heterocycles. The quantitative estimate of drug-likeness (QED) is 0.818. The third-order valence-electron chi connectivity index (χ3n) is 5.51. The number of halogens is 1. The van der Waals surface area contributed by atoms with Gasteiger partial charge in [0.1, 0.15) is 11.4 Å². The maximum absolute atomic E-state index is 13.5. The highest BCUT2D eigenvalue weighted by Gasteiger charge is 2.51. The number of aromatic nitrogens is 1. The van der Waals surface area contributed by atoms with Crippen molar-refractivity contribution in [3.8, 4) is 0 Å². The van der Waals surface area contributed by atoms with Crippen molar-refractivity contribution in [1.29, 1.82) is 0 Å². The fraction of sp³-hybridized carbons (Fsp3) is 0.550. The summed E-state index contributed by atoms with van der Waals surface area (Å²) in [5, 5.41) is 4.61. The van der Waals surface area contributed by atoms with Crippen LogP contribution in [0.3, 0.4) is 0 Å². The summed E-state index contributed by atoms with van der Waals surface area (Å²) in [4.78, 5) is 17.9. The Labute approximate surface area is 152 Å². The Hall–Kier alpha value is -2.08. The van der Waals surface area contributed by atoms with E-state index >= 15 is 0 Å². The van der Waals surface area contributed by atoms with Gasteiger partial charge in [-0.25, -0.2) is 9.18 Å². The Bertz CT molecular complexity index is 841. The molecule has 0 bridgehead atoms. The lowest BCUT2D eigenvalue weighted by molar-refractivity contribution is 0.0211. The van der Waals surface area contributed by atoms with Crippen LogP contribution >= 0.6 is 0 Å². The molecule has 3 heterocycles. The van der Waals surface area contributed by atoms with Crippen LogP contribution < -0.4 is 5.32 Å². The minimum absolute atomic E-state index is 0.0453. The van der Waals surface area contributed by atoms with E-state index < -0.39 is 5.60 Å². The molecule has 0 saturated carbocycles. The number of amides is 1. The van der Waals surface area contributed by atoms with E-state index in [1.807, 2.05) is 37.9 Å². The highest BCUT2D eigenvalue weighted by atomic mass is 19.1. The van der Waals surface area contributed by atoms with Crippen molar-refractivity contribution in [3.05, 3.63) is 35.8 Å². The highest BCUT2D eigenvalue weighted by molar-refractivity contribution is 5.84. The van der Waals surface area contributed by atoms with Gasteiger partial charge in [-0.1, -0.05) is 6.92 Å². The summed E-state index contributed by atoms with van der Waals surface area (Å²) in [6.45, 7) is 9.32. The second kappa shape index (κ2) is 5.98. The average molecular weight is 359 g/mol. The van der Waals surface area contributed by atoms with Gasteiger partial charge >= 0.3 is 6.09 Å². The number of ether oxygens (including phenoxy) is 1. The van der Waals surface area contributed by atoms with E-state index in [9.17, 15) is 9.18 Å². The molecular formula is C20H26FN3O2. The van der Waals surface area contributed by atoms with Gasteiger partial charge in [-0.2, -0.15) is 0 Å². The Morgan fingerprint density at radius 3 is 2.85 bits per heavy atom. The first kappa shape index (κ1) is 17.3. The fourth-order valence-corrected chi connectivity index (χ4v) is 4.49. The zero-order valence-corrected chi connectivity index (χ0v) is 15.7. The summed E-state index contributed by atoms with van der Waals surface area (Å²) in [5.74, 6) is 0.259. The second-order valence-electron chi connectivity index (χ2n) is 8.58. The number of nitrogens with one attached hydrogen (secondary N) is 2. The molecule has 0 aliphatic carbocycles. The number of hydrogen-bond acceptors (Lipinski definition) is 3. The van der Waals surface area contributed by atoms with E-state index in [-0.39, 0.29) is 29.9 Å². The standard InChI is InChI=1S/C20H26FN3O2/c1-11-10-24(19(25)26-20(2,3)4)18-15(9-23-17(11)18)14-8-22-16-7-12(21)5-6-13(14)16/h5-8,11,15,17-18,22-23H,9-10H2,1-4H3/t11?,15-,17+,18+/m0/s1. The first-order chi connectivity index (χ1) is 12.2. The van der Waals surface area contributed by atoms with Gasteiger partial charge < -0.3 is 19.9 Å². The van der Waals surface area contributed by atoms with E-state index in [2.05, 4.69) is 17.2 Å². The van der Waals surface area contributed by atoms with E-state index in [1.54, 1.807) is 0 Å². The molecule has 0 radical (unpaired) electrons. The molecule has 140 valence electrons. The van der Waals surface area contributed by atoms with Crippen molar-refractivity contribution in [2.24, 2.45) is 5.92 Å². The number of aromatic amines is 1. The van der Waals surface area contributed by atoms with Gasteiger partial charge in [0.15, 0.2) is 0 Å². The molecule has 2 aliphatic rings. The molecule has 5 nitrogen and oxygen atoms in total. The molecule has 2 fully saturated rings. The SMILES string of the molecule is CC1CN(C(=O)OC(C)(C)C)[C@H]2[C@@H]1NC[C@H]2c1c[nH]c2cc(F)ccc12. The van der Waals surface area contributed by atoms with Gasteiger partial charge in [0.2, 0.25) is 0 Å². The van der Waals surface area contributed by atoms with Gasteiger partial charge in [0.25, 0.3) is 0 Å². The van der Waals surface area contributed by atoms with Crippen molar-refractivity contribution in [3.63, 3.8) is 0 Å². The van der Waals surface area contributed by atoms with Crippen LogP contribution in [0.15, 0.2) is 24.4 Å². The number of hydrogen-bond donors (Lipinski definition) is 2. The zero-order chi connectivity index (χ0) is 18.6. The van der Waals surface area contributed by atoms with Crippen molar-refractivity contribution < 1.29 is 13.9 Å². The van der Waals surface area contributed by atoms with Crippen LogP contribution in [0.1, 0.15) is 39.2 Å². The second-order valence-corrected chi connectivity index (χ2v) is 8.58. The fourth-order valence-electron chi connectivity index (χ4n) is 4.49. The average Bonchev–Trinajstić information content (AvgIpc) is 3.20. The Morgan fingerprint density at radius 1 is 1.35 bits per heavy atom. The third-order valence-corrected chi connectivity index (χ3v) is 5.51. The molecule has 0 spiro atoms. The first-order valence-electron chi connectivity index (χ1n) is 9.24. The van der Waals surface area contributed by atoms with Crippen LogP contribution in [0, 0.1) is 11.7 Å². The zero-order valence-electron chi connectivity index (χ0n) is 15.7. The predicted molar refractivity (Wildman–Crippen MR) is 98.7 cm³/mol. The first-order valence-corrected chi connectivity index (χ1v) is 9.24. The number of rotatable bonds is 1. The van der Waals surface area contributed by atoms with E-state index in [1.165, 1.54) is 12.1 Å². The number of H-pyrrole nitrogens is 1. The predicted octanol–water partition coefficient (Wildman–Crippen LogP) is 3.62. The van der Waals surface area contributed by atoms with E-state index in [4.69, 9.17) is 4.74 Å². The monoisotopic (exact) mass is 359 g/mol. The number of benzene rings is 1. The molecule has 6 heteroatoms. The number of nitrogens with zero attached hydrogens (tertiary/aromatic N) is 1.